The SMILES string of the molecule is COc1ccc(-c2nnc(SCC(=O)N3c4ccccc4NC(=O)C[C@H]3C)o2)cc1. The van der Waals surface area contributed by atoms with E-state index >= 15 is 0 Å². The van der Waals surface area contributed by atoms with Gasteiger partial charge in [-0.15, -0.1) is 10.2 Å². The predicted molar refractivity (Wildman–Crippen MR) is 114 cm³/mol. The van der Waals surface area contributed by atoms with Crippen molar-refractivity contribution in [2.75, 3.05) is 23.1 Å². The first kappa shape index (κ1) is 20.0. The van der Waals surface area contributed by atoms with Crippen LogP contribution in [-0.4, -0.2) is 40.9 Å². The fraction of sp³-hybridized carbons (Fsp3) is 0.238. The second kappa shape index (κ2) is 8.58. The van der Waals surface area contributed by atoms with Crippen LogP contribution in [0.15, 0.2) is 58.2 Å². The van der Waals surface area contributed by atoms with Gasteiger partial charge in [0.15, 0.2) is 0 Å². The van der Waals surface area contributed by atoms with Crippen LogP contribution in [0.4, 0.5) is 11.4 Å². The minimum atomic E-state index is -0.265. The number of carbonyl (C=O) groups is 2. The lowest BCUT2D eigenvalue weighted by Gasteiger charge is -2.27. The zero-order chi connectivity index (χ0) is 21.1. The molecule has 154 valence electrons. The van der Waals surface area contributed by atoms with Gasteiger partial charge in [-0.1, -0.05) is 23.9 Å². The molecule has 9 heteroatoms. The minimum absolute atomic E-state index is 0.108. The van der Waals surface area contributed by atoms with Crippen LogP contribution in [-0.2, 0) is 9.59 Å². The number of rotatable bonds is 5. The first-order valence-electron chi connectivity index (χ1n) is 9.37. The molecule has 2 aromatic carbocycles. The molecule has 0 saturated carbocycles. The van der Waals surface area contributed by atoms with E-state index in [1.807, 2.05) is 49.4 Å². The summed E-state index contributed by atoms with van der Waals surface area (Å²) in [4.78, 5) is 26.8. The maximum Gasteiger partial charge on any atom is 0.277 e. The molecule has 1 atom stereocenters. The van der Waals surface area contributed by atoms with Crippen LogP contribution in [0.25, 0.3) is 11.5 Å². The molecule has 8 nitrogen and oxygen atoms in total. The third-order valence-corrected chi connectivity index (χ3v) is 5.49. The largest absolute Gasteiger partial charge is 0.497 e. The molecule has 0 fully saturated rings. The predicted octanol–water partition coefficient (Wildman–Crippen LogP) is 3.60. The van der Waals surface area contributed by atoms with E-state index in [-0.39, 0.29) is 30.0 Å². The van der Waals surface area contributed by atoms with Gasteiger partial charge in [-0.3, -0.25) is 9.59 Å². The lowest BCUT2D eigenvalue weighted by atomic mass is 10.2. The molecule has 2 amide bonds. The molecule has 1 N–H and O–H groups in total. The van der Waals surface area contributed by atoms with E-state index in [2.05, 4.69) is 15.5 Å². The Hall–Kier alpha value is -3.33. The number of para-hydroxylation sites is 2. The lowest BCUT2D eigenvalue weighted by Crippen LogP contribution is -2.40. The summed E-state index contributed by atoms with van der Waals surface area (Å²) < 4.78 is 10.8. The van der Waals surface area contributed by atoms with Crippen molar-refractivity contribution in [2.24, 2.45) is 0 Å². The Balaban J connectivity index is 1.47. The number of carbonyl (C=O) groups excluding carboxylic acids is 2. The maximum absolute atomic E-state index is 13.0. The first-order valence-corrected chi connectivity index (χ1v) is 10.4. The molecule has 1 aromatic heterocycles. The van der Waals surface area contributed by atoms with Crippen molar-refractivity contribution in [3.63, 3.8) is 0 Å². The van der Waals surface area contributed by atoms with Crippen molar-refractivity contribution < 1.29 is 18.7 Å². The van der Waals surface area contributed by atoms with E-state index < -0.39 is 0 Å². The average Bonchev–Trinajstić information content (AvgIpc) is 3.17. The summed E-state index contributed by atoms with van der Waals surface area (Å²) in [6, 6.07) is 14.3. The number of thioether (sulfide) groups is 1. The van der Waals surface area contributed by atoms with E-state index in [1.54, 1.807) is 18.1 Å². The highest BCUT2D eigenvalue weighted by molar-refractivity contribution is 7.99. The summed E-state index contributed by atoms with van der Waals surface area (Å²) in [6.07, 6.45) is 0.229. The molecule has 3 aromatic rings. The number of aromatic nitrogens is 2. The molecule has 2 heterocycles. The Kier molecular flexibility index (Phi) is 5.71. The van der Waals surface area contributed by atoms with Crippen LogP contribution in [0.1, 0.15) is 13.3 Å². The average molecular weight is 424 g/mol. The number of methoxy groups -OCH3 is 1. The highest BCUT2D eigenvalue weighted by Crippen LogP contribution is 2.32. The number of hydrogen-bond donors (Lipinski definition) is 1. The van der Waals surface area contributed by atoms with Gasteiger partial charge < -0.3 is 19.4 Å². The molecule has 4 rings (SSSR count). The molecule has 0 spiro atoms. The van der Waals surface area contributed by atoms with E-state index in [0.29, 0.717) is 22.5 Å². The summed E-state index contributed by atoms with van der Waals surface area (Å²) in [6.45, 7) is 1.86. The molecular weight excluding hydrogens is 404 g/mol. The summed E-state index contributed by atoms with van der Waals surface area (Å²) in [5, 5.41) is 11.2. The molecule has 0 aliphatic carbocycles. The molecular formula is C21H20N4O4S. The normalized spacial score (nSPS) is 15.9. The fourth-order valence-corrected chi connectivity index (χ4v) is 3.90. The Morgan fingerprint density at radius 1 is 1.23 bits per heavy atom. The smallest absolute Gasteiger partial charge is 0.277 e. The quantitative estimate of drug-likeness (QED) is 0.625. The van der Waals surface area contributed by atoms with Gasteiger partial charge in [-0.2, -0.15) is 0 Å². The van der Waals surface area contributed by atoms with E-state index in [0.717, 1.165) is 11.3 Å². The van der Waals surface area contributed by atoms with Crippen molar-refractivity contribution in [3.05, 3.63) is 48.5 Å². The summed E-state index contributed by atoms with van der Waals surface area (Å²) in [5.74, 6) is 0.964. The Labute approximate surface area is 177 Å². The van der Waals surface area contributed by atoms with E-state index in [4.69, 9.17) is 9.15 Å². The summed E-state index contributed by atoms with van der Waals surface area (Å²) in [7, 11) is 1.60. The van der Waals surface area contributed by atoms with Crippen LogP contribution in [0, 0.1) is 0 Å². The van der Waals surface area contributed by atoms with Gasteiger partial charge in [0.1, 0.15) is 5.75 Å². The van der Waals surface area contributed by atoms with E-state index in [9.17, 15) is 9.59 Å². The van der Waals surface area contributed by atoms with Crippen LogP contribution in [0.3, 0.4) is 0 Å². The van der Waals surface area contributed by atoms with Crippen LogP contribution < -0.4 is 15.0 Å². The molecule has 0 radical (unpaired) electrons. The standard InChI is InChI=1S/C21H20N4O4S/c1-13-11-18(26)22-16-5-3-4-6-17(16)25(13)19(27)12-30-21-24-23-20(29-21)14-7-9-15(28-2)10-8-14/h3-10,13H,11-12H2,1-2H3,(H,22,26)/t13-/m1/s1. The minimum Gasteiger partial charge on any atom is -0.497 e. The zero-order valence-corrected chi connectivity index (χ0v) is 17.3. The fourth-order valence-electron chi connectivity index (χ4n) is 3.28. The number of hydrogen-bond acceptors (Lipinski definition) is 7. The van der Waals surface area contributed by atoms with Gasteiger partial charge in [0.2, 0.25) is 17.7 Å². The second-order valence-corrected chi connectivity index (χ2v) is 7.70. The Morgan fingerprint density at radius 2 is 2.00 bits per heavy atom. The van der Waals surface area contributed by atoms with Crippen LogP contribution >= 0.6 is 11.8 Å². The monoisotopic (exact) mass is 424 g/mol. The number of nitrogens with zero attached hydrogens (tertiary/aromatic N) is 3. The van der Waals surface area contributed by atoms with Gasteiger partial charge in [0.05, 0.1) is 24.2 Å². The molecule has 1 aliphatic rings. The number of amides is 2. The molecule has 0 unspecified atom stereocenters. The number of ether oxygens (including phenoxy) is 1. The first-order chi connectivity index (χ1) is 14.5. The third-order valence-electron chi connectivity index (χ3n) is 4.69. The van der Waals surface area contributed by atoms with Gasteiger partial charge in [0.25, 0.3) is 5.22 Å². The molecule has 0 saturated heterocycles. The van der Waals surface area contributed by atoms with Crippen molar-refractivity contribution in [3.8, 4) is 17.2 Å². The van der Waals surface area contributed by atoms with Crippen LogP contribution in [0.2, 0.25) is 0 Å². The van der Waals surface area contributed by atoms with Crippen molar-refractivity contribution in [1.29, 1.82) is 0 Å². The molecule has 0 bridgehead atoms. The van der Waals surface area contributed by atoms with Crippen molar-refractivity contribution in [2.45, 2.75) is 24.6 Å². The number of anilines is 2. The van der Waals surface area contributed by atoms with Gasteiger partial charge in [-0.05, 0) is 43.3 Å². The third kappa shape index (κ3) is 4.16. The highest BCUT2D eigenvalue weighted by atomic mass is 32.2. The van der Waals surface area contributed by atoms with E-state index in [1.165, 1.54) is 11.8 Å². The molecule has 30 heavy (non-hydrogen) atoms. The highest BCUT2D eigenvalue weighted by Gasteiger charge is 2.29. The zero-order valence-electron chi connectivity index (χ0n) is 16.5. The Morgan fingerprint density at radius 3 is 2.77 bits per heavy atom. The van der Waals surface area contributed by atoms with Gasteiger partial charge in [-0.25, -0.2) is 0 Å². The van der Waals surface area contributed by atoms with Gasteiger partial charge in [0, 0.05) is 18.0 Å². The summed E-state index contributed by atoms with van der Waals surface area (Å²) in [5.41, 5.74) is 2.08. The maximum atomic E-state index is 13.0. The van der Waals surface area contributed by atoms with Gasteiger partial charge >= 0.3 is 0 Å². The van der Waals surface area contributed by atoms with Crippen molar-refractivity contribution in [1.82, 2.24) is 10.2 Å². The topological polar surface area (TPSA) is 97.6 Å². The van der Waals surface area contributed by atoms with Crippen LogP contribution in [0.5, 0.6) is 5.75 Å². The second-order valence-electron chi connectivity index (χ2n) is 6.77. The lowest BCUT2D eigenvalue weighted by molar-refractivity contribution is -0.117. The number of fused-ring (bicyclic) bond motifs is 1. The Bertz CT molecular complexity index is 1070. The van der Waals surface area contributed by atoms with Crippen molar-refractivity contribution >= 4 is 35.0 Å². The number of benzene rings is 2. The number of nitrogens with one attached hydrogen (secondary N) is 1. The molecule has 1 aliphatic heterocycles. The summed E-state index contributed by atoms with van der Waals surface area (Å²) >= 11 is 1.17.